The molecular formula is C29H42N8O6. The molecule has 1 saturated heterocycles. The van der Waals surface area contributed by atoms with Gasteiger partial charge in [-0.2, -0.15) is 10.1 Å². The second-order valence-corrected chi connectivity index (χ2v) is 11.1. The number of rotatable bonds is 10. The Morgan fingerprint density at radius 3 is 2.26 bits per heavy atom. The molecule has 1 aliphatic heterocycles. The van der Waals surface area contributed by atoms with Crippen molar-refractivity contribution in [3.8, 4) is 11.5 Å². The third-order valence-electron chi connectivity index (χ3n) is 6.84. The van der Waals surface area contributed by atoms with Gasteiger partial charge in [-0.3, -0.25) is 10.00 Å². The van der Waals surface area contributed by atoms with Gasteiger partial charge in [0, 0.05) is 50.5 Å². The van der Waals surface area contributed by atoms with Gasteiger partial charge in [-0.1, -0.05) is 13.3 Å². The summed E-state index contributed by atoms with van der Waals surface area (Å²) < 4.78 is 23.6. The molecule has 4 rings (SSSR count). The molecular weight excluding hydrogens is 556 g/mol. The third-order valence-corrected chi connectivity index (χ3v) is 6.84. The number of carbonyl (C=O) groups is 2. The van der Waals surface area contributed by atoms with Crippen molar-refractivity contribution in [3.63, 3.8) is 0 Å². The Hall–Kier alpha value is -4.49. The van der Waals surface area contributed by atoms with Gasteiger partial charge in [0.25, 0.3) is 0 Å². The molecule has 0 saturated carbocycles. The quantitative estimate of drug-likeness (QED) is 0.322. The van der Waals surface area contributed by atoms with Gasteiger partial charge in [0.15, 0.2) is 11.3 Å². The van der Waals surface area contributed by atoms with Crippen molar-refractivity contribution >= 4 is 40.7 Å². The van der Waals surface area contributed by atoms with E-state index in [0.29, 0.717) is 67.6 Å². The molecule has 0 unspecified atom stereocenters. The monoisotopic (exact) mass is 598 g/mol. The Morgan fingerprint density at radius 2 is 1.67 bits per heavy atom. The first kappa shape index (κ1) is 31.4. The van der Waals surface area contributed by atoms with E-state index in [9.17, 15) is 9.59 Å². The maximum atomic E-state index is 12.5. The number of nitrogens with one attached hydrogen (secondary N) is 2. The van der Waals surface area contributed by atoms with Gasteiger partial charge in [-0.25, -0.2) is 14.6 Å². The molecule has 14 nitrogen and oxygen atoms in total. The van der Waals surface area contributed by atoms with Crippen LogP contribution in [0.4, 0.5) is 27.0 Å². The van der Waals surface area contributed by atoms with Crippen LogP contribution in [-0.4, -0.2) is 96.5 Å². The van der Waals surface area contributed by atoms with E-state index >= 15 is 0 Å². The average Bonchev–Trinajstić information content (AvgIpc) is 3.39. The summed E-state index contributed by atoms with van der Waals surface area (Å²) in [6.45, 7) is 11.1. The van der Waals surface area contributed by atoms with Crippen molar-refractivity contribution in [1.29, 1.82) is 0 Å². The van der Waals surface area contributed by atoms with E-state index in [0.717, 1.165) is 24.1 Å². The minimum absolute atomic E-state index is 0.115. The van der Waals surface area contributed by atoms with Crippen molar-refractivity contribution < 1.29 is 28.5 Å². The Labute approximate surface area is 251 Å². The number of hydrogen-bond donors (Lipinski definition) is 2. The molecule has 0 atom stereocenters. The number of benzene rings is 1. The summed E-state index contributed by atoms with van der Waals surface area (Å²) in [5.74, 6) is 1.92. The second-order valence-electron chi connectivity index (χ2n) is 11.1. The summed E-state index contributed by atoms with van der Waals surface area (Å²) in [5.41, 5.74) is 2.32. The molecule has 3 aromatic rings. The number of ether oxygens (including phenoxy) is 4. The van der Waals surface area contributed by atoms with Gasteiger partial charge in [0.05, 0.1) is 39.6 Å². The van der Waals surface area contributed by atoms with Gasteiger partial charge in [-0.15, -0.1) is 0 Å². The van der Waals surface area contributed by atoms with Gasteiger partial charge in [-0.05, 0) is 27.2 Å². The first-order chi connectivity index (χ1) is 20.5. The molecule has 14 heteroatoms. The van der Waals surface area contributed by atoms with E-state index in [1.165, 1.54) is 7.11 Å². The molecule has 2 aromatic heterocycles. The predicted octanol–water partition coefficient (Wildman–Crippen LogP) is 4.34. The molecule has 2 amide bonds. The second kappa shape index (κ2) is 13.7. The number of nitrogens with zero attached hydrogens (tertiary/aromatic N) is 6. The van der Waals surface area contributed by atoms with E-state index in [1.807, 2.05) is 32.9 Å². The van der Waals surface area contributed by atoms with E-state index in [4.69, 9.17) is 24.0 Å². The Kier molecular flexibility index (Phi) is 9.99. The van der Waals surface area contributed by atoms with Crippen molar-refractivity contribution in [2.75, 3.05) is 69.6 Å². The van der Waals surface area contributed by atoms with Crippen LogP contribution in [0.25, 0.3) is 11.0 Å². The summed E-state index contributed by atoms with van der Waals surface area (Å²) in [7, 11) is 4.52. The number of hydrogen-bond acceptors (Lipinski definition) is 11. The molecule has 43 heavy (non-hydrogen) atoms. The van der Waals surface area contributed by atoms with E-state index in [1.54, 1.807) is 30.0 Å². The Bertz CT molecular complexity index is 1400. The summed E-state index contributed by atoms with van der Waals surface area (Å²) in [6, 6.07) is 3.94. The predicted molar refractivity (Wildman–Crippen MR) is 163 cm³/mol. The number of methoxy groups -OCH3 is 3. The van der Waals surface area contributed by atoms with E-state index in [2.05, 4.69) is 32.4 Å². The average molecular weight is 599 g/mol. The van der Waals surface area contributed by atoms with Crippen LogP contribution in [0.15, 0.2) is 18.3 Å². The highest BCUT2D eigenvalue weighted by molar-refractivity contribution is 5.89. The van der Waals surface area contributed by atoms with Gasteiger partial charge in [0.1, 0.15) is 22.6 Å². The molecule has 1 aromatic carbocycles. The number of carbonyl (C=O) groups excluding carboxylic acids is 2. The number of fused-ring (bicyclic) bond motifs is 1. The Balaban J connectivity index is 1.57. The zero-order valence-corrected chi connectivity index (χ0v) is 26.0. The molecule has 1 aliphatic rings. The van der Waals surface area contributed by atoms with Crippen LogP contribution in [0.3, 0.4) is 0 Å². The molecule has 0 bridgehead atoms. The molecule has 234 valence electrons. The fourth-order valence-corrected chi connectivity index (χ4v) is 4.69. The molecule has 2 N–H and O–H groups in total. The van der Waals surface area contributed by atoms with Crippen molar-refractivity contribution in [1.82, 2.24) is 24.6 Å². The SMILES string of the molecule is CCCCNc1nc(NC(=O)OC)nc2cn(Cc3c(OC)cc(N4CCN(C(=O)OC(C)(C)C)CC4)cc3OC)nc12. The minimum Gasteiger partial charge on any atom is -0.496 e. The lowest BCUT2D eigenvalue weighted by Crippen LogP contribution is -2.50. The highest BCUT2D eigenvalue weighted by Crippen LogP contribution is 2.36. The van der Waals surface area contributed by atoms with Crippen LogP contribution < -0.4 is 25.0 Å². The first-order valence-corrected chi connectivity index (χ1v) is 14.4. The van der Waals surface area contributed by atoms with Crippen LogP contribution in [0.2, 0.25) is 0 Å². The molecule has 0 radical (unpaired) electrons. The molecule has 0 aliphatic carbocycles. The van der Waals surface area contributed by atoms with Crippen LogP contribution in [0, 0.1) is 0 Å². The maximum absolute atomic E-state index is 12.5. The molecule has 1 fully saturated rings. The van der Waals surface area contributed by atoms with Crippen molar-refractivity contribution in [3.05, 3.63) is 23.9 Å². The zero-order valence-electron chi connectivity index (χ0n) is 26.0. The summed E-state index contributed by atoms with van der Waals surface area (Å²) in [6.07, 6.45) is 2.78. The maximum Gasteiger partial charge on any atom is 0.413 e. The highest BCUT2D eigenvalue weighted by Gasteiger charge is 2.27. The topological polar surface area (TPSA) is 145 Å². The summed E-state index contributed by atoms with van der Waals surface area (Å²) >= 11 is 0. The van der Waals surface area contributed by atoms with Crippen LogP contribution in [-0.2, 0) is 16.0 Å². The lowest BCUT2D eigenvalue weighted by atomic mass is 10.1. The number of aromatic nitrogens is 4. The van der Waals surface area contributed by atoms with Crippen molar-refractivity contribution in [2.24, 2.45) is 0 Å². The smallest absolute Gasteiger partial charge is 0.413 e. The van der Waals surface area contributed by atoms with Gasteiger partial charge >= 0.3 is 12.2 Å². The number of amides is 2. The van der Waals surface area contributed by atoms with E-state index in [-0.39, 0.29) is 12.0 Å². The molecule has 0 spiro atoms. The zero-order chi connectivity index (χ0) is 31.1. The highest BCUT2D eigenvalue weighted by atomic mass is 16.6. The first-order valence-electron chi connectivity index (χ1n) is 14.4. The number of piperazine rings is 1. The fourth-order valence-electron chi connectivity index (χ4n) is 4.69. The minimum atomic E-state index is -0.660. The molecule has 3 heterocycles. The van der Waals surface area contributed by atoms with Gasteiger partial charge < -0.3 is 34.1 Å². The lowest BCUT2D eigenvalue weighted by molar-refractivity contribution is 0.0240. The van der Waals surface area contributed by atoms with Crippen LogP contribution in [0.1, 0.15) is 46.1 Å². The summed E-state index contributed by atoms with van der Waals surface area (Å²) in [5, 5.41) is 10.6. The van der Waals surface area contributed by atoms with Crippen LogP contribution >= 0.6 is 0 Å². The Morgan fingerprint density at radius 1 is 1.00 bits per heavy atom. The van der Waals surface area contributed by atoms with Crippen LogP contribution in [0.5, 0.6) is 11.5 Å². The normalized spacial score (nSPS) is 13.6. The van der Waals surface area contributed by atoms with Crippen molar-refractivity contribution in [2.45, 2.75) is 52.7 Å². The standard InChI is InChI=1S/C29H42N8O6/c1-8-9-10-30-25-24-21(31-26(32-25)33-27(38)42-7)18-37(34-24)17-20-22(40-5)15-19(16-23(20)41-6)35-11-13-36(14-12-35)28(39)43-29(2,3)4/h15-16,18H,8-14,17H2,1-7H3,(H2,30,31,32,33,38). The fraction of sp³-hybridized carbons (Fsp3) is 0.552. The number of unbranched alkanes of at least 4 members (excludes halogenated alkanes) is 1. The lowest BCUT2D eigenvalue weighted by Gasteiger charge is -2.37. The van der Waals surface area contributed by atoms with E-state index < -0.39 is 11.7 Å². The third kappa shape index (κ3) is 7.87. The van der Waals surface area contributed by atoms with Gasteiger partial charge in [0.2, 0.25) is 5.95 Å². The largest absolute Gasteiger partial charge is 0.496 e. The number of anilines is 3. The summed E-state index contributed by atoms with van der Waals surface area (Å²) in [4.78, 5) is 37.1.